The smallest absolute Gasteiger partial charge is 0.261 e. The van der Waals surface area contributed by atoms with Gasteiger partial charge < -0.3 is 9.80 Å². The third-order valence-electron chi connectivity index (χ3n) is 7.45. The maximum atomic E-state index is 14.5. The van der Waals surface area contributed by atoms with Gasteiger partial charge in [0, 0.05) is 10.0 Å². The van der Waals surface area contributed by atoms with Crippen LogP contribution in [-0.4, -0.2) is 47.2 Å². The lowest BCUT2D eigenvalue weighted by Gasteiger charge is -2.25. The molecule has 0 bridgehead atoms. The van der Waals surface area contributed by atoms with Gasteiger partial charge >= 0.3 is 0 Å². The Hall–Kier alpha value is -4.70. The Morgan fingerprint density at radius 2 is 1.07 bits per heavy atom. The normalized spacial score (nSPS) is 14.5. The molecular formula is C37H30BrN3O2. The van der Waals surface area contributed by atoms with Crippen LogP contribution in [0.3, 0.4) is 0 Å². The van der Waals surface area contributed by atoms with Crippen LogP contribution in [0.15, 0.2) is 125 Å². The highest BCUT2D eigenvalue weighted by atomic mass is 79.9. The maximum Gasteiger partial charge on any atom is 0.261 e. The van der Waals surface area contributed by atoms with Crippen molar-refractivity contribution in [2.45, 2.75) is 13.1 Å². The predicted molar refractivity (Wildman–Crippen MR) is 174 cm³/mol. The van der Waals surface area contributed by atoms with Crippen molar-refractivity contribution in [2.75, 3.05) is 20.6 Å². The molecule has 2 aliphatic heterocycles. The number of amides is 2. The third-order valence-corrected chi connectivity index (χ3v) is 7.98. The second-order valence-electron chi connectivity index (χ2n) is 10.8. The number of carbonyl (C=O) groups is 2. The van der Waals surface area contributed by atoms with Crippen molar-refractivity contribution in [3.8, 4) is 11.8 Å². The fraction of sp³-hybridized carbons (Fsp3) is 0.135. The Morgan fingerprint density at radius 1 is 0.628 bits per heavy atom. The number of carbonyl (C=O) groups excluding carboxylic acids is 2. The average molecular weight is 629 g/mol. The molecular weight excluding hydrogens is 598 g/mol. The van der Waals surface area contributed by atoms with E-state index in [2.05, 4.69) is 27.8 Å². The van der Waals surface area contributed by atoms with E-state index >= 15 is 0 Å². The SMILES string of the molecule is CN(C)CC#Cc1ccc(C2=C3C(=O)N(Cc4ccccc4)C(c4ccc(Br)cc4)=C3C(=O)N2Cc2ccccc2)cc1. The van der Waals surface area contributed by atoms with E-state index in [1.165, 1.54) is 0 Å². The molecule has 0 radical (unpaired) electrons. The van der Waals surface area contributed by atoms with E-state index in [0.29, 0.717) is 42.2 Å². The van der Waals surface area contributed by atoms with Crippen molar-refractivity contribution in [3.63, 3.8) is 0 Å². The quantitative estimate of drug-likeness (QED) is 0.218. The first-order valence-electron chi connectivity index (χ1n) is 14.1. The molecule has 0 unspecified atom stereocenters. The molecule has 0 atom stereocenters. The highest BCUT2D eigenvalue weighted by Crippen LogP contribution is 2.47. The second kappa shape index (κ2) is 12.3. The largest absolute Gasteiger partial charge is 0.302 e. The topological polar surface area (TPSA) is 43.9 Å². The number of nitrogens with zero attached hydrogens (tertiary/aromatic N) is 3. The lowest BCUT2D eigenvalue weighted by atomic mass is 10.0. The summed E-state index contributed by atoms with van der Waals surface area (Å²) in [6.07, 6.45) is 0. The van der Waals surface area contributed by atoms with Crippen molar-refractivity contribution < 1.29 is 9.59 Å². The lowest BCUT2D eigenvalue weighted by Crippen LogP contribution is -2.29. The lowest BCUT2D eigenvalue weighted by molar-refractivity contribution is -0.124. The van der Waals surface area contributed by atoms with Crippen molar-refractivity contribution in [1.82, 2.24) is 14.7 Å². The molecule has 0 spiro atoms. The first kappa shape index (κ1) is 28.4. The van der Waals surface area contributed by atoms with Crippen molar-refractivity contribution in [1.29, 1.82) is 0 Å². The van der Waals surface area contributed by atoms with Gasteiger partial charge in [-0.2, -0.15) is 0 Å². The van der Waals surface area contributed by atoms with Crippen LogP contribution in [0.2, 0.25) is 0 Å². The van der Waals surface area contributed by atoms with Gasteiger partial charge in [0.25, 0.3) is 11.8 Å². The molecule has 5 nitrogen and oxygen atoms in total. The summed E-state index contributed by atoms with van der Waals surface area (Å²) in [7, 11) is 3.97. The van der Waals surface area contributed by atoms with E-state index in [1.807, 2.05) is 128 Å². The molecule has 0 aliphatic carbocycles. The Labute approximate surface area is 260 Å². The Bertz CT molecular complexity index is 1800. The summed E-state index contributed by atoms with van der Waals surface area (Å²) in [5.41, 5.74) is 6.64. The van der Waals surface area contributed by atoms with Crippen LogP contribution < -0.4 is 0 Å². The van der Waals surface area contributed by atoms with Gasteiger partial charge in [-0.15, -0.1) is 0 Å². The molecule has 0 aromatic heterocycles. The number of fused-ring (bicyclic) bond motifs is 1. The van der Waals surface area contributed by atoms with Gasteiger partial charge in [-0.05, 0) is 60.6 Å². The first-order valence-corrected chi connectivity index (χ1v) is 14.9. The minimum atomic E-state index is -0.175. The number of rotatable bonds is 7. The van der Waals surface area contributed by atoms with Gasteiger partial charge in [0.05, 0.1) is 42.2 Å². The number of benzene rings is 4. The minimum absolute atomic E-state index is 0.175. The van der Waals surface area contributed by atoms with Crippen molar-refractivity contribution in [2.24, 2.45) is 0 Å². The van der Waals surface area contributed by atoms with Crippen LogP contribution in [0.5, 0.6) is 0 Å². The van der Waals surface area contributed by atoms with Crippen LogP contribution in [0.4, 0.5) is 0 Å². The highest BCUT2D eigenvalue weighted by molar-refractivity contribution is 9.10. The summed E-state index contributed by atoms with van der Waals surface area (Å²) in [4.78, 5) is 34.4. The van der Waals surface area contributed by atoms with E-state index in [0.717, 1.165) is 32.3 Å². The Morgan fingerprint density at radius 3 is 1.51 bits per heavy atom. The molecule has 0 saturated heterocycles. The zero-order chi connectivity index (χ0) is 29.9. The van der Waals surface area contributed by atoms with E-state index in [9.17, 15) is 9.59 Å². The van der Waals surface area contributed by atoms with Crippen LogP contribution in [-0.2, 0) is 22.7 Å². The molecule has 6 heteroatoms. The van der Waals surface area contributed by atoms with Gasteiger partial charge in [-0.25, -0.2) is 0 Å². The monoisotopic (exact) mass is 627 g/mol. The standard InChI is InChI=1S/C37H30BrN3O2/c1-39(2)23-9-14-26-15-17-29(18-16-26)34-32-33(37(43)40(34)24-27-10-5-3-6-11-27)35(30-19-21-31(38)22-20-30)41(36(32)42)25-28-12-7-4-8-13-28/h3-8,10-13,15-22H,23-25H2,1-2H3. The van der Waals surface area contributed by atoms with Gasteiger partial charge in [0.15, 0.2) is 0 Å². The van der Waals surface area contributed by atoms with E-state index in [-0.39, 0.29) is 11.8 Å². The van der Waals surface area contributed by atoms with Crippen molar-refractivity contribution in [3.05, 3.63) is 153 Å². The number of hydrogen-bond donors (Lipinski definition) is 0. The fourth-order valence-corrected chi connectivity index (χ4v) is 5.71. The summed E-state index contributed by atoms with van der Waals surface area (Å²) in [6, 6.07) is 35.4. The minimum Gasteiger partial charge on any atom is -0.302 e. The molecule has 6 rings (SSSR count). The van der Waals surface area contributed by atoms with Crippen LogP contribution >= 0.6 is 15.9 Å². The number of halogens is 1. The van der Waals surface area contributed by atoms with Crippen LogP contribution in [0.25, 0.3) is 11.4 Å². The summed E-state index contributed by atoms with van der Waals surface area (Å²) in [5, 5.41) is 0. The van der Waals surface area contributed by atoms with Gasteiger partial charge in [0.2, 0.25) is 0 Å². The maximum absolute atomic E-state index is 14.5. The zero-order valence-electron chi connectivity index (χ0n) is 24.0. The first-order chi connectivity index (χ1) is 20.9. The summed E-state index contributed by atoms with van der Waals surface area (Å²) in [6.45, 7) is 1.37. The fourth-order valence-electron chi connectivity index (χ4n) is 5.45. The molecule has 4 aromatic rings. The van der Waals surface area contributed by atoms with Gasteiger partial charge in [-0.3, -0.25) is 14.5 Å². The molecule has 43 heavy (non-hydrogen) atoms. The molecule has 0 saturated carbocycles. The summed E-state index contributed by atoms with van der Waals surface area (Å²) >= 11 is 3.53. The predicted octanol–water partition coefficient (Wildman–Crippen LogP) is 6.57. The van der Waals surface area contributed by atoms with Gasteiger partial charge in [-0.1, -0.05) is 113 Å². The molecule has 0 fully saturated rings. The molecule has 212 valence electrons. The molecule has 2 heterocycles. The Balaban J connectivity index is 1.52. The number of hydrogen-bond acceptors (Lipinski definition) is 3. The third kappa shape index (κ3) is 5.83. The summed E-state index contributed by atoms with van der Waals surface area (Å²) in [5.74, 6) is 6.02. The van der Waals surface area contributed by atoms with E-state index in [1.54, 1.807) is 9.80 Å². The van der Waals surface area contributed by atoms with E-state index in [4.69, 9.17) is 0 Å². The van der Waals surface area contributed by atoms with Crippen LogP contribution in [0, 0.1) is 11.8 Å². The molecule has 2 aliphatic rings. The molecule has 0 N–H and O–H groups in total. The molecule has 4 aromatic carbocycles. The average Bonchev–Trinajstić information content (AvgIpc) is 3.45. The molecule has 2 amide bonds. The summed E-state index contributed by atoms with van der Waals surface area (Å²) < 4.78 is 0.925. The van der Waals surface area contributed by atoms with Gasteiger partial charge in [0.1, 0.15) is 0 Å². The Kier molecular flexibility index (Phi) is 8.11. The second-order valence-corrected chi connectivity index (χ2v) is 11.7. The van der Waals surface area contributed by atoms with Crippen molar-refractivity contribution >= 4 is 39.1 Å². The van der Waals surface area contributed by atoms with E-state index < -0.39 is 0 Å². The van der Waals surface area contributed by atoms with Crippen LogP contribution in [0.1, 0.15) is 27.8 Å². The highest BCUT2D eigenvalue weighted by Gasteiger charge is 2.48. The zero-order valence-corrected chi connectivity index (χ0v) is 25.6.